The Kier molecular flexibility index (Phi) is 4.64. The van der Waals surface area contributed by atoms with Crippen LogP contribution in [0.3, 0.4) is 0 Å². The highest BCUT2D eigenvalue weighted by Crippen LogP contribution is 2.31. The second-order valence-electron chi connectivity index (χ2n) is 5.12. The molecule has 24 heavy (non-hydrogen) atoms. The number of ether oxygens (including phenoxy) is 1. The van der Waals surface area contributed by atoms with Gasteiger partial charge in [0.25, 0.3) is 5.91 Å². The maximum absolute atomic E-state index is 12.0. The van der Waals surface area contributed by atoms with Gasteiger partial charge in [-0.05, 0) is 36.4 Å². The summed E-state index contributed by atoms with van der Waals surface area (Å²) in [7, 11) is 0. The first-order chi connectivity index (χ1) is 11.7. The molecule has 0 aromatic heterocycles. The van der Waals surface area contributed by atoms with E-state index in [-0.39, 0.29) is 12.5 Å². The average Bonchev–Trinajstić information content (AvgIpc) is 2.62. The van der Waals surface area contributed by atoms with Gasteiger partial charge in [0.1, 0.15) is 5.75 Å². The minimum Gasteiger partial charge on any atom is -0.483 e. The third kappa shape index (κ3) is 3.48. The largest absolute Gasteiger partial charge is 0.483 e. The Bertz CT molecular complexity index is 930. The molecule has 5 heteroatoms. The number of carbonyl (C=O) groups excluding carboxylic acids is 1. The molecule has 0 fully saturated rings. The van der Waals surface area contributed by atoms with Crippen LogP contribution in [0.5, 0.6) is 5.75 Å². The number of carbonyl (C=O) groups is 1. The van der Waals surface area contributed by atoms with E-state index in [9.17, 15) is 4.79 Å². The Morgan fingerprint density at radius 2 is 1.75 bits per heavy atom. The van der Waals surface area contributed by atoms with Crippen molar-refractivity contribution in [2.24, 2.45) is 0 Å². The average molecular weight is 337 g/mol. The summed E-state index contributed by atoms with van der Waals surface area (Å²) >= 11 is 6.17. The van der Waals surface area contributed by atoms with Gasteiger partial charge in [0.2, 0.25) is 0 Å². The molecule has 118 valence electrons. The van der Waals surface area contributed by atoms with Gasteiger partial charge in [0, 0.05) is 21.5 Å². The Morgan fingerprint density at radius 1 is 1.04 bits per heavy atom. The van der Waals surface area contributed by atoms with Crippen LogP contribution in [-0.4, -0.2) is 12.5 Å². The fourth-order valence-electron chi connectivity index (χ4n) is 2.33. The number of amides is 1. The number of nitrogens with zero attached hydrogens (tertiary/aromatic N) is 1. The summed E-state index contributed by atoms with van der Waals surface area (Å²) in [5, 5.41) is 13.9. The van der Waals surface area contributed by atoms with Crippen molar-refractivity contribution in [3.63, 3.8) is 0 Å². The van der Waals surface area contributed by atoms with Gasteiger partial charge in [0.05, 0.1) is 11.6 Å². The smallest absolute Gasteiger partial charge is 0.262 e. The third-order valence-corrected chi connectivity index (χ3v) is 3.82. The van der Waals surface area contributed by atoms with E-state index in [0.717, 1.165) is 10.8 Å². The molecule has 0 atom stereocenters. The molecule has 0 aliphatic rings. The van der Waals surface area contributed by atoms with Gasteiger partial charge < -0.3 is 10.1 Å². The quantitative estimate of drug-likeness (QED) is 0.769. The zero-order chi connectivity index (χ0) is 16.9. The van der Waals surface area contributed by atoms with Gasteiger partial charge in [-0.25, -0.2) is 0 Å². The summed E-state index contributed by atoms with van der Waals surface area (Å²) in [5.74, 6) is 0.323. The standard InChI is InChI=1S/C19H13ClN2O2/c20-17-9-10-18(16-4-2-1-3-15(16)17)24-12-19(23)22-14-7-5-13(11-21)6-8-14/h1-10H,12H2,(H,22,23). The van der Waals surface area contributed by atoms with Crippen LogP contribution in [0.1, 0.15) is 5.56 Å². The molecule has 0 saturated heterocycles. The number of hydrogen-bond donors (Lipinski definition) is 1. The number of hydrogen-bond acceptors (Lipinski definition) is 3. The minimum atomic E-state index is -0.279. The summed E-state index contributed by atoms with van der Waals surface area (Å²) in [6.45, 7) is -0.119. The lowest BCUT2D eigenvalue weighted by Gasteiger charge is -2.10. The van der Waals surface area contributed by atoms with Gasteiger partial charge in [-0.2, -0.15) is 5.26 Å². The van der Waals surface area contributed by atoms with Crippen molar-refractivity contribution in [3.8, 4) is 11.8 Å². The summed E-state index contributed by atoms with van der Waals surface area (Å²) in [5.41, 5.74) is 1.15. The van der Waals surface area contributed by atoms with Crippen molar-refractivity contribution in [2.45, 2.75) is 0 Å². The van der Waals surface area contributed by atoms with Crippen LogP contribution in [0.15, 0.2) is 60.7 Å². The molecule has 0 aliphatic heterocycles. The molecule has 4 nitrogen and oxygen atoms in total. The van der Waals surface area contributed by atoms with Crippen LogP contribution in [0, 0.1) is 11.3 Å². The third-order valence-electron chi connectivity index (χ3n) is 3.49. The summed E-state index contributed by atoms with van der Waals surface area (Å²) in [6.07, 6.45) is 0. The minimum absolute atomic E-state index is 0.119. The monoisotopic (exact) mass is 336 g/mol. The topological polar surface area (TPSA) is 62.1 Å². The van der Waals surface area contributed by atoms with Crippen molar-refractivity contribution in [1.82, 2.24) is 0 Å². The van der Waals surface area contributed by atoms with E-state index in [0.29, 0.717) is 22.0 Å². The molecule has 1 amide bonds. The molecule has 3 rings (SSSR count). The Hall–Kier alpha value is -3.03. The van der Waals surface area contributed by atoms with E-state index in [1.54, 1.807) is 36.4 Å². The molecule has 0 aliphatic carbocycles. The molecule has 1 N–H and O–H groups in total. The highest BCUT2D eigenvalue weighted by molar-refractivity contribution is 6.35. The number of halogens is 1. The normalized spacial score (nSPS) is 10.2. The van der Waals surface area contributed by atoms with Crippen LogP contribution in [-0.2, 0) is 4.79 Å². The van der Waals surface area contributed by atoms with Crippen LogP contribution in [0.4, 0.5) is 5.69 Å². The molecule has 3 aromatic carbocycles. The van der Waals surface area contributed by atoms with Crippen LogP contribution in [0.2, 0.25) is 5.02 Å². The van der Waals surface area contributed by atoms with Gasteiger partial charge in [-0.1, -0.05) is 35.9 Å². The number of rotatable bonds is 4. The van der Waals surface area contributed by atoms with Crippen LogP contribution in [0.25, 0.3) is 10.8 Å². The van der Waals surface area contributed by atoms with Crippen molar-refractivity contribution >= 4 is 34.0 Å². The highest BCUT2D eigenvalue weighted by Gasteiger charge is 2.08. The van der Waals surface area contributed by atoms with Gasteiger partial charge >= 0.3 is 0 Å². The van der Waals surface area contributed by atoms with Crippen LogP contribution >= 0.6 is 11.6 Å². The van der Waals surface area contributed by atoms with Gasteiger partial charge in [0.15, 0.2) is 6.61 Å². The molecule has 0 unspecified atom stereocenters. The lowest BCUT2D eigenvalue weighted by molar-refractivity contribution is -0.118. The van der Waals surface area contributed by atoms with E-state index >= 15 is 0 Å². The second kappa shape index (κ2) is 7.03. The Morgan fingerprint density at radius 3 is 2.46 bits per heavy atom. The maximum atomic E-state index is 12.0. The fourth-order valence-corrected chi connectivity index (χ4v) is 2.56. The number of fused-ring (bicyclic) bond motifs is 1. The number of benzene rings is 3. The van der Waals surface area contributed by atoms with E-state index in [1.165, 1.54) is 0 Å². The zero-order valence-electron chi connectivity index (χ0n) is 12.6. The predicted molar refractivity (Wildman–Crippen MR) is 94.2 cm³/mol. The van der Waals surface area contributed by atoms with E-state index in [1.807, 2.05) is 30.3 Å². The molecule has 0 spiro atoms. The highest BCUT2D eigenvalue weighted by atomic mass is 35.5. The molecular weight excluding hydrogens is 324 g/mol. The predicted octanol–water partition coefficient (Wildman–Crippen LogP) is 4.38. The van der Waals surface area contributed by atoms with Crippen molar-refractivity contribution in [2.75, 3.05) is 11.9 Å². The summed E-state index contributed by atoms with van der Waals surface area (Å²) in [4.78, 5) is 12.0. The van der Waals surface area contributed by atoms with Crippen LogP contribution < -0.4 is 10.1 Å². The Labute approximate surface area is 144 Å². The lowest BCUT2D eigenvalue weighted by Crippen LogP contribution is -2.20. The molecular formula is C19H13ClN2O2. The van der Waals surface area contributed by atoms with E-state index in [4.69, 9.17) is 21.6 Å². The van der Waals surface area contributed by atoms with E-state index < -0.39 is 0 Å². The Balaban J connectivity index is 1.68. The van der Waals surface area contributed by atoms with Crippen molar-refractivity contribution < 1.29 is 9.53 Å². The van der Waals surface area contributed by atoms with Gasteiger partial charge in [-0.3, -0.25) is 4.79 Å². The number of anilines is 1. The van der Waals surface area contributed by atoms with Crippen molar-refractivity contribution in [3.05, 3.63) is 71.2 Å². The fraction of sp³-hybridized carbons (Fsp3) is 0.0526. The first kappa shape index (κ1) is 15.9. The molecule has 3 aromatic rings. The van der Waals surface area contributed by atoms with Crippen molar-refractivity contribution in [1.29, 1.82) is 5.26 Å². The first-order valence-corrected chi connectivity index (χ1v) is 7.65. The summed E-state index contributed by atoms with van der Waals surface area (Å²) < 4.78 is 5.63. The molecule has 0 saturated carbocycles. The molecule has 0 bridgehead atoms. The number of nitrogens with one attached hydrogen (secondary N) is 1. The lowest BCUT2D eigenvalue weighted by atomic mass is 10.1. The number of nitriles is 1. The van der Waals surface area contributed by atoms with Gasteiger partial charge in [-0.15, -0.1) is 0 Å². The first-order valence-electron chi connectivity index (χ1n) is 7.27. The maximum Gasteiger partial charge on any atom is 0.262 e. The summed E-state index contributed by atoms with van der Waals surface area (Å²) in [6, 6.07) is 19.8. The zero-order valence-corrected chi connectivity index (χ0v) is 13.4. The second-order valence-corrected chi connectivity index (χ2v) is 5.52. The van der Waals surface area contributed by atoms with E-state index in [2.05, 4.69) is 5.32 Å². The molecule has 0 heterocycles. The molecule has 0 radical (unpaired) electrons. The SMILES string of the molecule is N#Cc1ccc(NC(=O)COc2ccc(Cl)c3ccccc23)cc1.